The van der Waals surface area contributed by atoms with Gasteiger partial charge in [0.25, 0.3) is 0 Å². The minimum atomic E-state index is -0.0487. The second-order valence-corrected chi connectivity index (χ2v) is 10.1. The Labute approximate surface area is 195 Å². The molecule has 2 aliphatic rings. The lowest BCUT2D eigenvalue weighted by Crippen LogP contribution is -2.52. The second-order valence-electron chi connectivity index (χ2n) is 9.05. The quantitative estimate of drug-likeness (QED) is 0.668. The standard InChI is InChI=1S/C24H35N5O2S/c1-19(24-25-20-9-5-6-10-21(20)32-24)26(2)22(30)17-27-13-15-28(16-14-27)18-23(31)29-11-7-3-4-8-12-29/h5-6,9-10,19H,3-4,7-8,11-18H2,1-2H3. The highest BCUT2D eigenvalue weighted by Crippen LogP contribution is 2.28. The molecule has 0 bridgehead atoms. The minimum Gasteiger partial charge on any atom is -0.342 e. The second kappa shape index (κ2) is 10.7. The first-order valence-corrected chi connectivity index (χ1v) is 12.7. The number of fused-ring (bicyclic) bond motifs is 1. The van der Waals surface area contributed by atoms with E-state index in [0.29, 0.717) is 13.1 Å². The molecule has 1 atom stereocenters. The van der Waals surface area contributed by atoms with Gasteiger partial charge in [-0.15, -0.1) is 11.3 Å². The molecule has 2 saturated heterocycles. The first kappa shape index (κ1) is 23.1. The van der Waals surface area contributed by atoms with Gasteiger partial charge in [0.15, 0.2) is 0 Å². The molecule has 2 fully saturated rings. The van der Waals surface area contributed by atoms with E-state index >= 15 is 0 Å². The highest BCUT2D eigenvalue weighted by atomic mass is 32.1. The maximum Gasteiger partial charge on any atom is 0.237 e. The summed E-state index contributed by atoms with van der Waals surface area (Å²) in [6, 6.07) is 8.05. The fourth-order valence-electron chi connectivity index (χ4n) is 4.47. The SMILES string of the molecule is CC(c1nc2ccccc2s1)N(C)C(=O)CN1CCN(CC(=O)N2CCCCCC2)CC1. The maximum atomic E-state index is 12.9. The highest BCUT2D eigenvalue weighted by molar-refractivity contribution is 7.18. The Kier molecular flexibility index (Phi) is 7.75. The van der Waals surface area contributed by atoms with Gasteiger partial charge in [0, 0.05) is 46.3 Å². The van der Waals surface area contributed by atoms with E-state index in [9.17, 15) is 9.59 Å². The van der Waals surface area contributed by atoms with Crippen molar-refractivity contribution in [3.63, 3.8) is 0 Å². The zero-order valence-electron chi connectivity index (χ0n) is 19.3. The average Bonchev–Trinajstić information content (AvgIpc) is 3.05. The van der Waals surface area contributed by atoms with Crippen LogP contribution in [0.1, 0.15) is 43.7 Å². The predicted molar refractivity (Wildman–Crippen MR) is 129 cm³/mol. The number of rotatable bonds is 6. The summed E-state index contributed by atoms with van der Waals surface area (Å²) in [5.41, 5.74) is 0.992. The van der Waals surface area contributed by atoms with Crippen molar-refractivity contribution in [1.82, 2.24) is 24.6 Å². The molecule has 3 heterocycles. The monoisotopic (exact) mass is 457 g/mol. The summed E-state index contributed by atoms with van der Waals surface area (Å²) < 4.78 is 1.15. The summed E-state index contributed by atoms with van der Waals surface area (Å²) in [5, 5.41) is 0.971. The number of piperazine rings is 1. The van der Waals surface area contributed by atoms with Crippen LogP contribution >= 0.6 is 11.3 Å². The van der Waals surface area contributed by atoms with Gasteiger partial charge >= 0.3 is 0 Å². The van der Waals surface area contributed by atoms with Gasteiger partial charge in [-0.25, -0.2) is 4.98 Å². The van der Waals surface area contributed by atoms with E-state index in [1.54, 1.807) is 11.3 Å². The zero-order valence-corrected chi connectivity index (χ0v) is 20.1. The summed E-state index contributed by atoms with van der Waals surface area (Å²) in [6.45, 7) is 8.11. The van der Waals surface area contributed by atoms with Gasteiger partial charge in [0.2, 0.25) is 11.8 Å². The molecule has 0 N–H and O–H groups in total. The third-order valence-electron chi connectivity index (χ3n) is 6.78. The Bertz CT molecular complexity index is 883. The van der Waals surface area contributed by atoms with Gasteiger partial charge in [-0.2, -0.15) is 0 Å². The summed E-state index contributed by atoms with van der Waals surface area (Å²) in [5.74, 6) is 0.381. The number of nitrogens with zero attached hydrogens (tertiary/aromatic N) is 5. The van der Waals surface area contributed by atoms with E-state index in [1.807, 2.05) is 42.0 Å². The number of likely N-dealkylation sites (N-methyl/N-ethyl adjacent to an activating group) is 1. The topological polar surface area (TPSA) is 60.0 Å². The van der Waals surface area contributed by atoms with Crippen molar-refractivity contribution in [2.75, 3.05) is 59.4 Å². The molecule has 2 aromatic rings. The summed E-state index contributed by atoms with van der Waals surface area (Å²) in [4.78, 5) is 38.6. The van der Waals surface area contributed by atoms with Crippen LogP contribution in [0.5, 0.6) is 0 Å². The summed E-state index contributed by atoms with van der Waals surface area (Å²) in [7, 11) is 1.87. The number of carbonyl (C=O) groups is 2. The number of benzene rings is 1. The Hall–Kier alpha value is -2.03. The highest BCUT2D eigenvalue weighted by Gasteiger charge is 2.26. The van der Waals surface area contributed by atoms with Crippen molar-refractivity contribution in [3.8, 4) is 0 Å². The first-order valence-electron chi connectivity index (χ1n) is 11.8. The Balaban J connectivity index is 1.23. The molecule has 32 heavy (non-hydrogen) atoms. The third kappa shape index (κ3) is 5.66. The van der Waals surface area contributed by atoms with E-state index in [4.69, 9.17) is 4.98 Å². The first-order chi connectivity index (χ1) is 15.5. The smallest absolute Gasteiger partial charge is 0.237 e. The zero-order chi connectivity index (χ0) is 22.5. The van der Waals surface area contributed by atoms with Crippen molar-refractivity contribution in [3.05, 3.63) is 29.3 Å². The van der Waals surface area contributed by atoms with Gasteiger partial charge in [0.1, 0.15) is 5.01 Å². The molecular weight excluding hydrogens is 422 g/mol. The Morgan fingerprint density at radius 2 is 1.59 bits per heavy atom. The number of hydrogen-bond donors (Lipinski definition) is 0. The van der Waals surface area contributed by atoms with Crippen molar-refractivity contribution < 1.29 is 9.59 Å². The fraction of sp³-hybridized carbons (Fsp3) is 0.625. The molecule has 0 aliphatic carbocycles. The molecule has 7 nitrogen and oxygen atoms in total. The van der Waals surface area contributed by atoms with E-state index in [0.717, 1.165) is 67.3 Å². The van der Waals surface area contributed by atoms with Gasteiger partial charge in [0.05, 0.1) is 29.3 Å². The van der Waals surface area contributed by atoms with Crippen LogP contribution in [0.15, 0.2) is 24.3 Å². The molecule has 0 saturated carbocycles. The normalized spacial score (nSPS) is 19.6. The molecule has 0 radical (unpaired) electrons. The minimum absolute atomic E-state index is 0.0487. The van der Waals surface area contributed by atoms with Crippen molar-refractivity contribution in [2.45, 2.75) is 38.6 Å². The largest absolute Gasteiger partial charge is 0.342 e. The number of thiazole rings is 1. The van der Waals surface area contributed by atoms with E-state index < -0.39 is 0 Å². The number of amides is 2. The molecule has 4 rings (SSSR count). The van der Waals surface area contributed by atoms with Gasteiger partial charge in [-0.05, 0) is 31.9 Å². The van der Waals surface area contributed by atoms with E-state index in [-0.39, 0.29) is 17.9 Å². The molecule has 174 valence electrons. The van der Waals surface area contributed by atoms with Gasteiger partial charge in [-0.3, -0.25) is 19.4 Å². The van der Waals surface area contributed by atoms with Crippen LogP contribution in [0, 0.1) is 0 Å². The van der Waals surface area contributed by atoms with Crippen molar-refractivity contribution >= 4 is 33.4 Å². The van der Waals surface area contributed by atoms with Crippen LogP contribution < -0.4 is 0 Å². The van der Waals surface area contributed by atoms with E-state index in [1.165, 1.54) is 12.8 Å². The van der Waals surface area contributed by atoms with Gasteiger partial charge in [-0.1, -0.05) is 25.0 Å². The van der Waals surface area contributed by atoms with Crippen LogP contribution in [0.2, 0.25) is 0 Å². The van der Waals surface area contributed by atoms with E-state index in [2.05, 4.69) is 15.9 Å². The maximum absolute atomic E-state index is 12.9. The molecule has 8 heteroatoms. The summed E-state index contributed by atoms with van der Waals surface area (Å²) in [6.07, 6.45) is 4.74. The molecular formula is C24H35N5O2S. The average molecular weight is 458 g/mol. The number of hydrogen-bond acceptors (Lipinski definition) is 6. The number of likely N-dealkylation sites (tertiary alicyclic amines) is 1. The Morgan fingerprint density at radius 1 is 0.969 bits per heavy atom. The number of aromatic nitrogens is 1. The van der Waals surface area contributed by atoms with Gasteiger partial charge < -0.3 is 9.80 Å². The summed E-state index contributed by atoms with van der Waals surface area (Å²) >= 11 is 1.65. The van der Waals surface area contributed by atoms with Crippen molar-refractivity contribution in [1.29, 1.82) is 0 Å². The molecule has 2 amide bonds. The van der Waals surface area contributed by atoms with Crippen molar-refractivity contribution in [2.24, 2.45) is 0 Å². The lowest BCUT2D eigenvalue weighted by Gasteiger charge is -2.36. The lowest BCUT2D eigenvalue weighted by atomic mass is 10.2. The number of carbonyl (C=O) groups excluding carboxylic acids is 2. The van der Waals surface area contributed by atoms with Crippen LogP contribution in [0.4, 0.5) is 0 Å². The van der Waals surface area contributed by atoms with Crippen LogP contribution in [-0.2, 0) is 9.59 Å². The Morgan fingerprint density at radius 3 is 2.25 bits per heavy atom. The molecule has 2 aliphatic heterocycles. The third-order valence-corrected chi connectivity index (χ3v) is 7.99. The predicted octanol–water partition coefficient (Wildman–Crippen LogP) is 2.84. The van der Waals surface area contributed by atoms with Crippen LogP contribution in [-0.4, -0.2) is 95.8 Å². The van der Waals surface area contributed by atoms with Crippen LogP contribution in [0.25, 0.3) is 10.2 Å². The lowest BCUT2D eigenvalue weighted by molar-refractivity contribution is -0.135. The molecule has 1 aromatic carbocycles. The number of para-hydroxylation sites is 1. The van der Waals surface area contributed by atoms with Crippen LogP contribution in [0.3, 0.4) is 0 Å². The molecule has 1 aromatic heterocycles. The molecule has 1 unspecified atom stereocenters. The fourth-order valence-corrected chi connectivity index (χ4v) is 5.53. The molecule has 0 spiro atoms.